The smallest absolute Gasteiger partial charge is 0.340 e. The van der Waals surface area contributed by atoms with Gasteiger partial charge in [-0.3, -0.25) is 9.59 Å². The minimum Gasteiger partial charge on any atom is -0.462 e. The fourth-order valence-electron chi connectivity index (χ4n) is 2.85. The van der Waals surface area contributed by atoms with Gasteiger partial charge in [0.1, 0.15) is 4.90 Å². The number of sulfonamides is 1. The molecule has 0 spiro atoms. The second kappa shape index (κ2) is 7.81. The van der Waals surface area contributed by atoms with Gasteiger partial charge in [0.05, 0.1) is 23.4 Å². The van der Waals surface area contributed by atoms with Gasteiger partial charge in [0, 0.05) is 13.0 Å². The first-order chi connectivity index (χ1) is 13.4. The number of ether oxygens (including phenoxy) is 1. The molecule has 9 heteroatoms. The number of fused-ring (bicyclic) bond motifs is 1. The number of benzene rings is 2. The Bertz CT molecular complexity index is 1050. The van der Waals surface area contributed by atoms with Crippen molar-refractivity contribution in [3.63, 3.8) is 0 Å². The molecule has 0 radical (unpaired) electrons. The summed E-state index contributed by atoms with van der Waals surface area (Å²) in [6, 6.07) is 12.2. The van der Waals surface area contributed by atoms with E-state index >= 15 is 0 Å². The van der Waals surface area contributed by atoms with Crippen LogP contribution in [0.1, 0.15) is 34.1 Å². The minimum absolute atomic E-state index is 0.0620. The van der Waals surface area contributed by atoms with E-state index < -0.39 is 27.8 Å². The maximum Gasteiger partial charge on any atom is 0.340 e. The van der Waals surface area contributed by atoms with Gasteiger partial charge in [-0.1, -0.05) is 24.3 Å². The molecular weight excluding hydrogens is 384 g/mol. The average Bonchev–Trinajstić information content (AvgIpc) is 2.87. The summed E-state index contributed by atoms with van der Waals surface area (Å²) >= 11 is 0. The lowest BCUT2D eigenvalue weighted by molar-refractivity contribution is -0.116. The number of carbonyl (C=O) groups is 3. The molecule has 1 N–H and O–H groups in total. The second-order valence-electron chi connectivity index (χ2n) is 5.94. The van der Waals surface area contributed by atoms with Gasteiger partial charge in [-0.15, -0.1) is 0 Å². The molecule has 8 nitrogen and oxygen atoms in total. The number of nitrogens with one attached hydrogen (secondary N) is 1. The van der Waals surface area contributed by atoms with Crippen LogP contribution in [0.25, 0.3) is 0 Å². The molecule has 146 valence electrons. The van der Waals surface area contributed by atoms with Crippen LogP contribution in [0.5, 0.6) is 0 Å². The highest BCUT2D eigenvalue weighted by Crippen LogP contribution is 2.30. The molecule has 0 aromatic heterocycles. The van der Waals surface area contributed by atoms with Crippen LogP contribution in [0.2, 0.25) is 0 Å². The summed E-state index contributed by atoms with van der Waals surface area (Å²) in [5, 5.41) is 2.56. The zero-order chi connectivity index (χ0) is 20.3. The third-order valence-electron chi connectivity index (χ3n) is 4.15. The Kier molecular flexibility index (Phi) is 5.46. The number of rotatable bonds is 6. The summed E-state index contributed by atoms with van der Waals surface area (Å²) in [5.74, 6) is -1.77. The Balaban J connectivity index is 1.70. The largest absolute Gasteiger partial charge is 0.462 e. The van der Waals surface area contributed by atoms with E-state index in [2.05, 4.69) is 5.32 Å². The van der Waals surface area contributed by atoms with Crippen molar-refractivity contribution in [2.75, 3.05) is 18.5 Å². The summed E-state index contributed by atoms with van der Waals surface area (Å²) in [5.41, 5.74) is 0.537. The predicted molar refractivity (Wildman–Crippen MR) is 100 cm³/mol. The van der Waals surface area contributed by atoms with Crippen molar-refractivity contribution >= 4 is 33.5 Å². The standard InChI is InChI=1S/C19H18N2O6S/c1-2-27-19(24)13-7-3-5-9-15(13)20-17(22)11-12-21-18(23)14-8-4-6-10-16(14)28(21,25)26/h3-10H,2,11-12H2,1H3,(H,20,22). The Hall–Kier alpha value is -3.20. The highest BCUT2D eigenvalue weighted by Gasteiger charge is 2.40. The van der Waals surface area contributed by atoms with Crippen molar-refractivity contribution in [3.8, 4) is 0 Å². The maximum atomic E-state index is 12.5. The van der Waals surface area contributed by atoms with Crippen molar-refractivity contribution in [1.82, 2.24) is 4.31 Å². The van der Waals surface area contributed by atoms with Crippen LogP contribution in [0.15, 0.2) is 53.4 Å². The number of anilines is 1. The van der Waals surface area contributed by atoms with Gasteiger partial charge in [-0.25, -0.2) is 17.5 Å². The molecule has 0 atom stereocenters. The average molecular weight is 402 g/mol. The highest BCUT2D eigenvalue weighted by atomic mass is 32.2. The number of para-hydroxylation sites is 1. The number of hydrogen-bond acceptors (Lipinski definition) is 6. The predicted octanol–water partition coefficient (Wildman–Crippen LogP) is 2.04. The molecule has 1 heterocycles. The summed E-state index contributed by atoms with van der Waals surface area (Å²) in [4.78, 5) is 36.5. The minimum atomic E-state index is -3.96. The Morgan fingerprint density at radius 2 is 1.75 bits per heavy atom. The SMILES string of the molecule is CCOC(=O)c1ccccc1NC(=O)CCN1C(=O)c2ccccc2S1(=O)=O. The molecule has 0 bridgehead atoms. The summed E-state index contributed by atoms with van der Waals surface area (Å²) in [6.45, 7) is 1.56. The normalized spacial score (nSPS) is 14.5. The lowest BCUT2D eigenvalue weighted by Crippen LogP contribution is -2.33. The molecule has 1 aliphatic rings. The van der Waals surface area contributed by atoms with Gasteiger partial charge < -0.3 is 10.1 Å². The topological polar surface area (TPSA) is 110 Å². The van der Waals surface area contributed by atoms with Crippen LogP contribution in [-0.2, 0) is 19.6 Å². The monoisotopic (exact) mass is 402 g/mol. The molecular formula is C19H18N2O6S. The van der Waals surface area contributed by atoms with E-state index in [4.69, 9.17) is 4.74 Å². The van der Waals surface area contributed by atoms with E-state index in [0.717, 1.165) is 0 Å². The van der Waals surface area contributed by atoms with Crippen molar-refractivity contribution < 1.29 is 27.5 Å². The van der Waals surface area contributed by atoms with Crippen molar-refractivity contribution in [2.24, 2.45) is 0 Å². The van der Waals surface area contributed by atoms with Gasteiger partial charge in [-0.05, 0) is 31.2 Å². The quantitative estimate of drug-likeness (QED) is 0.741. The zero-order valence-electron chi connectivity index (χ0n) is 15.0. The number of nitrogens with zero attached hydrogens (tertiary/aromatic N) is 1. The number of carbonyl (C=O) groups excluding carboxylic acids is 3. The molecule has 2 aromatic rings. The summed E-state index contributed by atoms with van der Waals surface area (Å²) in [6.07, 6.45) is -0.254. The highest BCUT2D eigenvalue weighted by molar-refractivity contribution is 7.90. The molecule has 1 aliphatic heterocycles. The molecule has 0 unspecified atom stereocenters. The first-order valence-electron chi connectivity index (χ1n) is 8.58. The first kappa shape index (κ1) is 19.6. The Morgan fingerprint density at radius 1 is 1.07 bits per heavy atom. The molecule has 0 saturated carbocycles. The van der Waals surface area contributed by atoms with Crippen molar-refractivity contribution in [1.29, 1.82) is 0 Å². The number of esters is 1. The molecule has 3 rings (SSSR count). The van der Waals surface area contributed by atoms with E-state index in [-0.39, 0.29) is 41.3 Å². The van der Waals surface area contributed by atoms with E-state index in [1.807, 2.05) is 0 Å². The number of hydrogen-bond donors (Lipinski definition) is 1. The fourth-order valence-corrected chi connectivity index (χ4v) is 4.42. The van der Waals surface area contributed by atoms with Gasteiger partial charge in [0.25, 0.3) is 15.9 Å². The summed E-state index contributed by atoms with van der Waals surface area (Å²) < 4.78 is 30.6. The van der Waals surface area contributed by atoms with Gasteiger partial charge in [0.2, 0.25) is 5.91 Å². The van der Waals surface area contributed by atoms with Crippen LogP contribution in [0.4, 0.5) is 5.69 Å². The van der Waals surface area contributed by atoms with E-state index in [0.29, 0.717) is 4.31 Å². The Morgan fingerprint density at radius 3 is 2.46 bits per heavy atom. The first-order valence-corrected chi connectivity index (χ1v) is 10.0. The molecule has 0 aliphatic carbocycles. The summed E-state index contributed by atoms with van der Waals surface area (Å²) in [7, 11) is -3.96. The zero-order valence-corrected chi connectivity index (χ0v) is 15.9. The molecule has 2 aromatic carbocycles. The second-order valence-corrected chi connectivity index (χ2v) is 7.77. The lowest BCUT2D eigenvalue weighted by Gasteiger charge is -2.15. The Labute approximate surface area is 162 Å². The van der Waals surface area contributed by atoms with Crippen LogP contribution in [0.3, 0.4) is 0 Å². The molecule has 0 fully saturated rings. The molecule has 2 amide bonds. The third-order valence-corrected chi connectivity index (χ3v) is 5.99. The van der Waals surface area contributed by atoms with Gasteiger partial charge in [-0.2, -0.15) is 0 Å². The third kappa shape index (κ3) is 3.61. The van der Waals surface area contributed by atoms with Gasteiger partial charge in [0.15, 0.2) is 0 Å². The van der Waals surface area contributed by atoms with E-state index in [1.165, 1.54) is 30.3 Å². The van der Waals surface area contributed by atoms with E-state index in [9.17, 15) is 22.8 Å². The lowest BCUT2D eigenvalue weighted by atomic mass is 10.1. The van der Waals surface area contributed by atoms with Crippen LogP contribution in [0, 0.1) is 0 Å². The van der Waals surface area contributed by atoms with Crippen LogP contribution >= 0.6 is 0 Å². The maximum absolute atomic E-state index is 12.5. The number of amides is 2. The fraction of sp³-hybridized carbons (Fsp3) is 0.211. The van der Waals surface area contributed by atoms with Crippen LogP contribution in [-0.4, -0.2) is 43.7 Å². The molecule has 0 saturated heterocycles. The molecule has 28 heavy (non-hydrogen) atoms. The van der Waals surface area contributed by atoms with Crippen molar-refractivity contribution in [3.05, 3.63) is 59.7 Å². The van der Waals surface area contributed by atoms with Crippen LogP contribution < -0.4 is 5.32 Å². The van der Waals surface area contributed by atoms with Crippen molar-refractivity contribution in [2.45, 2.75) is 18.2 Å². The van der Waals surface area contributed by atoms with E-state index in [1.54, 1.807) is 25.1 Å². The van der Waals surface area contributed by atoms with Gasteiger partial charge >= 0.3 is 5.97 Å².